The molecule has 1 aliphatic rings. The van der Waals surface area contributed by atoms with Crippen molar-refractivity contribution in [2.24, 2.45) is 5.92 Å². The van der Waals surface area contributed by atoms with Crippen molar-refractivity contribution in [3.63, 3.8) is 0 Å². The molecular weight excluding hydrogens is 296 g/mol. The van der Waals surface area contributed by atoms with Crippen molar-refractivity contribution in [2.45, 2.75) is 46.5 Å². The third-order valence-corrected chi connectivity index (χ3v) is 4.78. The monoisotopic (exact) mass is 324 g/mol. The van der Waals surface area contributed by atoms with E-state index in [9.17, 15) is 0 Å². The van der Waals surface area contributed by atoms with Crippen LogP contribution in [0.5, 0.6) is 0 Å². The highest BCUT2D eigenvalue weighted by atomic mass is 15.2. The second-order valence-electron chi connectivity index (χ2n) is 7.26. The Morgan fingerprint density at radius 2 is 1.75 bits per heavy atom. The molecule has 0 amide bonds. The lowest BCUT2D eigenvalue weighted by molar-refractivity contribution is 0.436. The minimum absolute atomic E-state index is 0.544. The number of hydrogen-bond donors (Lipinski definition) is 1. The minimum atomic E-state index is 0.544. The Morgan fingerprint density at radius 3 is 2.38 bits per heavy atom. The Labute approximate surface area is 145 Å². The molecule has 0 unspecified atom stereocenters. The molecule has 4 heteroatoms. The maximum Gasteiger partial charge on any atom is 0.229 e. The molecule has 128 valence electrons. The van der Waals surface area contributed by atoms with Gasteiger partial charge in [0.05, 0.1) is 0 Å². The first kappa shape index (κ1) is 16.7. The van der Waals surface area contributed by atoms with Gasteiger partial charge in [-0.25, -0.2) is 4.98 Å². The van der Waals surface area contributed by atoms with Gasteiger partial charge in [0, 0.05) is 30.5 Å². The highest BCUT2D eigenvalue weighted by Crippen LogP contribution is 2.24. The van der Waals surface area contributed by atoms with Crippen LogP contribution in [0.4, 0.5) is 17.5 Å². The first-order chi connectivity index (χ1) is 11.5. The molecule has 1 fully saturated rings. The molecule has 1 saturated heterocycles. The van der Waals surface area contributed by atoms with Crippen LogP contribution < -0.4 is 10.2 Å². The first-order valence-corrected chi connectivity index (χ1v) is 8.99. The predicted octanol–water partition coefficient (Wildman–Crippen LogP) is 4.89. The van der Waals surface area contributed by atoms with Crippen LogP contribution >= 0.6 is 0 Å². The van der Waals surface area contributed by atoms with Crippen LogP contribution in [0, 0.1) is 12.8 Å². The highest BCUT2D eigenvalue weighted by molar-refractivity contribution is 5.56. The van der Waals surface area contributed by atoms with Crippen molar-refractivity contribution in [3.05, 3.63) is 41.6 Å². The second-order valence-corrected chi connectivity index (χ2v) is 7.26. The van der Waals surface area contributed by atoms with E-state index in [0.29, 0.717) is 11.9 Å². The summed E-state index contributed by atoms with van der Waals surface area (Å²) in [6, 6.07) is 10.6. The zero-order valence-electron chi connectivity index (χ0n) is 15.2. The molecule has 0 atom stereocenters. The molecule has 2 aromatic rings. The van der Waals surface area contributed by atoms with E-state index in [0.717, 1.165) is 36.2 Å². The summed E-state index contributed by atoms with van der Waals surface area (Å²) in [6.45, 7) is 10.9. The molecule has 1 aromatic heterocycles. The Bertz CT molecular complexity index is 671. The van der Waals surface area contributed by atoms with Crippen LogP contribution in [0.15, 0.2) is 30.3 Å². The summed E-state index contributed by atoms with van der Waals surface area (Å²) in [5.74, 6) is 3.08. The molecule has 0 spiro atoms. The molecule has 1 N–H and O–H groups in total. The van der Waals surface area contributed by atoms with Crippen LogP contribution in [-0.4, -0.2) is 23.1 Å². The highest BCUT2D eigenvalue weighted by Gasteiger charge is 2.18. The Kier molecular flexibility index (Phi) is 5.03. The summed E-state index contributed by atoms with van der Waals surface area (Å²) in [4.78, 5) is 11.7. The fourth-order valence-corrected chi connectivity index (χ4v) is 3.09. The minimum Gasteiger partial charge on any atom is -0.356 e. The number of nitrogens with zero attached hydrogens (tertiary/aromatic N) is 3. The quantitative estimate of drug-likeness (QED) is 0.869. The van der Waals surface area contributed by atoms with E-state index >= 15 is 0 Å². The number of aromatic nitrogens is 2. The van der Waals surface area contributed by atoms with Crippen molar-refractivity contribution < 1.29 is 0 Å². The van der Waals surface area contributed by atoms with Crippen molar-refractivity contribution in [1.82, 2.24) is 9.97 Å². The SMILES string of the molecule is Cc1cc(N2CCC(C)CC2)nc(Nc2ccc(C(C)C)cc2)n1. The van der Waals surface area contributed by atoms with Gasteiger partial charge in [-0.3, -0.25) is 0 Å². The van der Waals surface area contributed by atoms with Crippen LogP contribution in [0.2, 0.25) is 0 Å². The van der Waals surface area contributed by atoms with Crippen LogP contribution in [0.25, 0.3) is 0 Å². The van der Waals surface area contributed by atoms with Crippen molar-refractivity contribution >= 4 is 17.5 Å². The van der Waals surface area contributed by atoms with Crippen molar-refractivity contribution in [3.8, 4) is 0 Å². The van der Waals surface area contributed by atoms with E-state index in [1.54, 1.807) is 0 Å². The van der Waals surface area contributed by atoms with E-state index in [1.165, 1.54) is 18.4 Å². The second kappa shape index (κ2) is 7.20. The number of aryl methyl sites for hydroxylation is 1. The van der Waals surface area contributed by atoms with Gasteiger partial charge in [-0.2, -0.15) is 4.98 Å². The number of hydrogen-bond acceptors (Lipinski definition) is 4. The van der Waals surface area contributed by atoms with Gasteiger partial charge in [0.2, 0.25) is 5.95 Å². The fourth-order valence-electron chi connectivity index (χ4n) is 3.09. The average molecular weight is 324 g/mol. The lowest BCUT2D eigenvalue weighted by atomic mass is 9.99. The van der Waals surface area contributed by atoms with Gasteiger partial charge in [-0.15, -0.1) is 0 Å². The Balaban J connectivity index is 1.76. The summed E-state index contributed by atoms with van der Waals surface area (Å²) in [6.07, 6.45) is 2.48. The smallest absolute Gasteiger partial charge is 0.229 e. The summed E-state index contributed by atoms with van der Waals surface area (Å²) in [5.41, 5.74) is 3.37. The molecule has 0 radical (unpaired) electrons. The van der Waals surface area contributed by atoms with E-state index in [2.05, 4.69) is 66.3 Å². The van der Waals surface area contributed by atoms with Gasteiger partial charge in [0.15, 0.2) is 0 Å². The molecule has 0 aliphatic carbocycles. The molecule has 0 bridgehead atoms. The predicted molar refractivity (Wildman–Crippen MR) is 101 cm³/mol. The van der Waals surface area contributed by atoms with Gasteiger partial charge in [-0.1, -0.05) is 32.9 Å². The molecule has 1 aliphatic heterocycles. The van der Waals surface area contributed by atoms with Crippen molar-refractivity contribution in [1.29, 1.82) is 0 Å². The normalized spacial score (nSPS) is 15.8. The standard InChI is InChI=1S/C20H28N4/c1-14(2)17-5-7-18(8-6-17)22-20-21-16(4)13-19(23-20)24-11-9-15(3)10-12-24/h5-8,13-15H,9-12H2,1-4H3,(H,21,22,23). The zero-order chi connectivity index (χ0) is 17.1. The van der Waals surface area contributed by atoms with Crippen LogP contribution in [0.3, 0.4) is 0 Å². The molecule has 3 rings (SSSR count). The average Bonchev–Trinajstić information content (AvgIpc) is 2.55. The van der Waals surface area contributed by atoms with Gasteiger partial charge in [0.1, 0.15) is 5.82 Å². The number of nitrogens with one attached hydrogen (secondary N) is 1. The third-order valence-electron chi connectivity index (χ3n) is 4.78. The Hall–Kier alpha value is -2.10. The number of piperidine rings is 1. The summed E-state index contributed by atoms with van der Waals surface area (Å²) >= 11 is 0. The van der Waals surface area contributed by atoms with E-state index < -0.39 is 0 Å². The number of anilines is 3. The maximum absolute atomic E-state index is 4.74. The van der Waals surface area contributed by atoms with Gasteiger partial charge in [0.25, 0.3) is 0 Å². The lowest BCUT2D eigenvalue weighted by Gasteiger charge is -2.31. The summed E-state index contributed by atoms with van der Waals surface area (Å²) < 4.78 is 0. The summed E-state index contributed by atoms with van der Waals surface area (Å²) in [7, 11) is 0. The van der Waals surface area contributed by atoms with Crippen LogP contribution in [0.1, 0.15) is 50.8 Å². The van der Waals surface area contributed by atoms with Crippen LogP contribution in [-0.2, 0) is 0 Å². The van der Waals surface area contributed by atoms with Gasteiger partial charge >= 0.3 is 0 Å². The molecule has 2 heterocycles. The molecular formula is C20H28N4. The number of rotatable bonds is 4. The molecule has 4 nitrogen and oxygen atoms in total. The van der Waals surface area contributed by atoms with E-state index in [1.807, 2.05) is 6.92 Å². The summed E-state index contributed by atoms with van der Waals surface area (Å²) in [5, 5.41) is 3.35. The van der Waals surface area contributed by atoms with E-state index in [4.69, 9.17) is 4.98 Å². The first-order valence-electron chi connectivity index (χ1n) is 8.99. The largest absolute Gasteiger partial charge is 0.356 e. The topological polar surface area (TPSA) is 41.1 Å². The third kappa shape index (κ3) is 4.05. The Morgan fingerprint density at radius 1 is 1.08 bits per heavy atom. The molecule has 24 heavy (non-hydrogen) atoms. The molecule has 0 saturated carbocycles. The zero-order valence-corrected chi connectivity index (χ0v) is 15.2. The lowest BCUT2D eigenvalue weighted by Crippen LogP contribution is -2.33. The maximum atomic E-state index is 4.74. The number of benzene rings is 1. The van der Waals surface area contributed by atoms with E-state index in [-0.39, 0.29) is 0 Å². The van der Waals surface area contributed by atoms with Crippen molar-refractivity contribution in [2.75, 3.05) is 23.3 Å². The fraction of sp³-hybridized carbons (Fsp3) is 0.500. The molecule has 1 aromatic carbocycles. The van der Waals surface area contributed by atoms with Gasteiger partial charge in [-0.05, 0) is 49.3 Å². The van der Waals surface area contributed by atoms with Gasteiger partial charge < -0.3 is 10.2 Å².